The Morgan fingerprint density at radius 3 is 2.06 bits per heavy atom. The molecule has 2 aliphatic carbocycles. The number of carbonyl (C=O) groups is 3. The molecule has 3 aromatic rings. The van der Waals surface area contributed by atoms with Crippen LogP contribution < -0.4 is 5.32 Å². The van der Waals surface area contributed by atoms with Crippen LogP contribution in [0, 0.1) is 17.2 Å². The number of aromatic nitrogens is 4. The number of amides is 3. The van der Waals surface area contributed by atoms with E-state index in [1.54, 1.807) is 4.90 Å². The maximum atomic E-state index is 13.7. The second-order valence-electron chi connectivity index (χ2n) is 14.4. The quantitative estimate of drug-likeness (QED) is 0.352. The van der Waals surface area contributed by atoms with Gasteiger partial charge in [-0.05, 0) is 91.5 Å². The van der Waals surface area contributed by atoms with Crippen LogP contribution in [0.25, 0.3) is 0 Å². The first-order valence-corrected chi connectivity index (χ1v) is 18.1. The monoisotopic (exact) mass is 693 g/mol. The highest BCUT2D eigenvalue weighted by molar-refractivity contribution is 5.95. The van der Waals surface area contributed by atoms with E-state index in [9.17, 15) is 19.6 Å². The molecule has 14 nitrogen and oxygen atoms in total. The van der Waals surface area contributed by atoms with E-state index in [1.807, 2.05) is 53.1 Å². The number of nitrogens with one attached hydrogen (secondary N) is 2. The lowest BCUT2D eigenvalue weighted by Crippen LogP contribution is -2.46. The normalized spacial score (nSPS) is 24.1. The molecule has 4 fully saturated rings. The number of benzene rings is 2. The number of aromatic amines is 1. The highest BCUT2D eigenvalue weighted by Gasteiger charge is 2.54. The molecule has 4 atom stereocenters. The Hall–Kier alpha value is -4.71. The standard InChI is InChI=1S/C37H43N9O5/c1-23(39-22-33(47)46-29(21-38)18-28-19-32(28)46)20-37(36-40-42-43-41-36)30-6-4-26(34(48)44-8-12-50-13-9-44)16-24(30)2-3-25-17-27(5-7-31(25)37)35(49)45-10-14-51-15-11-45/h4-7,16-17,23,28-29,32,39H,2-3,8-15,18-20,22H2,1H3,(H,40,41,42,43)/t23-,28+,29-,32-/m0/s1. The molecule has 1 saturated carbocycles. The number of morpholine rings is 2. The number of hydrogen-bond acceptors (Lipinski definition) is 10. The van der Waals surface area contributed by atoms with Crippen molar-refractivity contribution in [3.63, 3.8) is 0 Å². The molecule has 1 aromatic heterocycles. The zero-order valence-electron chi connectivity index (χ0n) is 28.8. The maximum Gasteiger partial charge on any atom is 0.254 e. The number of nitriles is 1. The molecule has 0 bridgehead atoms. The number of fused-ring (bicyclic) bond motifs is 3. The predicted octanol–water partition coefficient (Wildman–Crippen LogP) is 1.46. The summed E-state index contributed by atoms with van der Waals surface area (Å²) in [7, 11) is 0. The summed E-state index contributed by atoms with van der Waals surface area (Å²) in [6.07, 6.45) is 3.45. The summed E-state index contributed by atoms with van der Waals surface area (Å²) < 4.78 is 11.0. The van der Waals surface area contributed by atoms with E-state index >= 15 is 0 Å². The van der Waals surface area contributed by atoms with Gasteiger partial charge in [-0.1, -0.05) is 17.3 Å². The van der Waals surface area contributed by atoms with Crippen molar-refractivity contribution in [1.82, 2.24) is 40.6 Å². The minimum atomic E-state index is -0.935. The van der Waals surface area contributed by atoms with E-state index in [0.29, 0.717) is 94.7 Å². The number of tetrazole rings is 1. The second kappa shape index (κ2) is 13.8. The van der Waals surface area contributed by atoms with Crippen LogP contribution in [-0.4, -0.2) is 130 Å². The van der Waals surface area contributed by atoms with E-state index in [0.717, 1.165) is 35.1 Å². The minimum absolute atomic E-state index is 0.0320. The van der Waals surface area contributed by atoms with Crippen LogP contribution in [0.4, 0.5) is 0 Å². The van der Waals surface area contributed by atoms with Crippen LogP contribution >= 0.6 is 0 Å². The van der Waals surface area contributed by atoms with Crippen LogP contribution in [0.5, 0.6) is 0 Å². The molecule has 4 heterocycles. The first kappa shape index (κ1) is 33.4. The Kier molecular flexibility index (Phi) is 9.03. The van der Waals surface area contributed by atoms with Gasteiger partial charge < -0.3 is 29.5 Å². The molecule has 3 saturated heterocycles. The summed E-state index contributed by atoms with van der Waals surface area (Å²) in [6, 6.07) is 13.7. The van der Waals surface area contributed by atoms with Crippen molar-refractivity contribution in [2.24, 2.45) is 5.92 Å². The first-order valence-electron chi connectivity index (χ1n) is 18.1. The van der Waals surface area contributed by atoms with Gasteiger partial charge in [-0.15, -0.1) is 10.2 Å². The Balaban J connectivity index is 1.17. The number of ether oxygens (including phenoxy) is 2. The molecular weight excluding hydrogens is 650 g/mol. The Morgan fingerprint density at radius 2 is 1.53 bits per heavy atom. The third-order valence-electron chi connectivity index (χ3n) is 11.4. The van der Waals surface area contributed by atoms with Crippen LogP contribution in [0.15, 0.2) is 36.4 Å². The zero-order chi connectivity index (χ0) is 35.1. The topological polar surface area (TPSA) is 170 Å². The van der Waals surface area contributed by atoms with Gasteiger partial charge in [0.25, 0.3) is 11.8 Å². The van der Waals surface area contributed by atoms with Crippen molar-refractivity contribution in [2.75, 3.05) is 59.2 Å². The van der Waals surface area contributed by atoms with E-state index in [4.69, 9.17) is 9.47 Å². The van der Waals surface area contributed by atoms with Crippen molar-refractivity contribution in [2.45, 2.75) is 62.6 Å². The van der Waals surface area contributed by atoms with Crippen LogP contribution in [0.1, 0.15) is 75.0 Å². The molecule has 0 radical (unpaired) electrons. The average Bonchev–Trinajstić information content (AvgIpc) is 3.55. The molecule has 2 aromatic carbocycles. The van der Waals surface area contributed by atoms with Gasteiger partial charge in [0.05, 0.1) is 44.5 Å². The molecular formula is C37H43N9O5. The van der Waals surface area contributed by atoms with E-state index in [2.05, 4.69) is 32.0 Å². The van der Waals surface area contributed by atoms with Gasteiger partial charge in [0.15, 0.2) is 5.82 Å². The number of carbonyl (C=O) groups excluding carboxylic acids is 3. The molecule has 51 heavy (non-hydrogen) atoms. The molecule has 3 amide bonds. The number of likely N-dealkylation sites (tertiary alicyclic amines) is 1. The van der Waals surface area contributed by atoms with Crippen molar-refractivity contribution in [1.29, 1.82) is 5.26 Å². The molecule has 266 valence electrons. The first-order chi connectivity index (χ1) is 24.9. The van der Waals surface area contributed by atoms with Crippen molar-refractivity contribution in [3.05, 3.63) is 75.6 Å². The minimum Gasteiger partial charge on any atom is -0.378 e. The van der Waals surface area contributed by atoms with Gasteiger partial charge >= 0.3 is 0 Å². The number of rotatable bonds is 8. The fourth-order valence-corrected chi connectivity index (χ4v) is 8.72. The van der Waals surface area contributed by atoms with Gasteiger partial charge in [-0.3, -0.25) is 14.4 Å². The number of H-pyrrole nitrogens is 1. The lowest BCUT2D eigenvalue weighted by molar-refractivity contribution is -0.131. The molecule has 8 rings (SSSR count). The lowest BCUT2D eigenvalue weighted by Gasteiger charge is -2.37. The third kappa shape index (κ3) is 6.17. The molecule has 0 spiro atoms. The largest absolute Gasteiger partial charge is 0.378 e. The van der Waals surface area contributed by atoms with E-state index < -0.39 is 5.41 Å². The van der Waals surface area contributed by atoms with Crippen LogP contribution in [0.3, 0.4) is 0 Å². The third-order valence-corrected chi connectivity index (χ3v) is 11.4. The summed E-state index contributed by atoms with van der Waals surface area (Å²) in [5.41, 5.74) is 4.19. The van der Waals surface area contributed by atoms with Gasteiger partial charge in [0.1, 0.15) is 6.04 Å². The van der Waals surface area contributed by atoms with Crippen LogP contribution in [0.2, 0.25) is 0 Å². The molecule has 2 N–H and O–H groups in total. The van der Waals surface area contributed by atoms with Gasteiger partial charge in [0, 0.05) is 49.4 Å². The number of piperidine rings is 1. The SMILES string of the molecule is C[C@@H](CC1(c2nn[nH]n2)c2ccc(C(=O)N3CCOCC3)cc2CCc2cc(C(=O)N3CCOCC3)ccc21)NCC(=O)N1[C@H](C#N)C[C@@H]2C[C@@H]21. The Labute approximate surface area is 296 Å². The van der Waals surface area contributed by atoms with Crippen molar-refractivity contribution >= 4 is 17.7 Å². The lowest BCUT2D eigenvalue weighted by atomic mass is 9.67. The van der Waals surface area contributed by atoms with E-state index in [1.165, 1.54) is 0 Å². The molecule has 0 unspecified atom stereocenters. The Morgan fingerprint density at radius 1 is 0.941 bits per heavy atom. The highest BCUT2D eigenvalue weighted by atomic mass is 16.5. The summed E-state index contributed by atoms with van der Waals surface area (Å²) in [4.78, 5) is 46.2. The van der Waals surface area contributed by atoms with Crippen molar-refractivity contribution < 1.29 is 23.9 Å². The number of aryl methyl sites for hydroxylation is 2. The maximum absolute atomic E-state index is 13.7. The van der Waals surface area contributed by atoms with Crippen molar-refractivity contribution in [3.8, 4) is 6.07 Å². The Bertz CT molecular complexity index is 1770. The highest BCUT2D eigenvalue weighted by Crippen LogP contribution is 2.48. The number of nitrogens with zero attached hydrogens (tertiary/aromatic N) is 7. The fraction of sp³-hybridized carbons (Fsp3) is 0.541. The van der Waals surface area contributed by atoms with Crippen LogP contribution in [-0.2, 0) is 32.5 Å². The van der Waals surface area contributed by atoms with E-state index in [-0.39, 0.29) is 42.4 Å². The zero-order valence-corrected chi connectivity index (χ0v) is 28.8. The predicted molar refractivity (Wildman–Crippen MR) is 183 cm³/mol. The average molecular weight is 694 g/mol. The summed E-state index contributed by atoms with van der Waals surface area (Å²) in [6.45, 7) is 6.39. The fourth-order valence-electron chi connectivity index (χ4n) is 8.72. The summed E-state index contributed by atoms with van der Waals surface area (Å²) in [5, 5.41) is 29.0. The second-order valence-corrected chi connectivity index (χ2v) is 14.4. The number of hydrogen-bond donors (Lipinski definition) is 2. The molecule has 14 heteroatoms. The summed E-state index contributed by atoms with van der Waals surface area (Å²) in [5.74, 6) is 0.782. The van der Waals surface area contributed by atoms with Gasteiger partial charge in [-0.25, -0.2) is 0 Å². The summed E-state index contributed by atoms with van der Waals surface area (Å²) >= 11 is 0. The molecule has 3 aliphatic heterocycles. The van der Waals surface area contributed by atoms with Gasteiger partial charge in [0.2, 0.25) is 5.91 Å². The van der Waals surface area contributed by atoms with Gasteiger partial charge in [-0.2, -0.15) is 10.5 Å². The molecule has 5 aliphatic rings. The smallest absolute Gasteiger partial charge is 0.254 e.